The van der Waals surface area contributed by atoms with Crippen LogP contribution < -0.4 is 16.0 Å². The van der Waals surface area contributed by atoms with Crippen molar-refractivity contribution < 1.29 is 0 Å². The number of anilines is 5. The second-order valence-electron chi connectivity index (χ2n) is 6.49. The molecule has 0 fully saturated rings. The number of nitrogens with two attached hydrogens (primary N) is 1. The molecule has 0 saturated carbocycles. The minimum atomic E-state index is 0.538. The first-order chi connectivity index (χ1) is 12.5. The zero-order chi connectivity index (χ0) is 18.7. The number of nitrogens with zero attached hydrogens (tertiary/aromatic N) is 3. The van der Waals surface area contributed by atoms with Crippen molar-refractivity contribution in [3.63, 3.8) is 0 Å². The van der Waals surface area contributed by atoms with Crippen molar-refractivity contribution in [3.05, 3.63) is 65.5 Å². The Morgan fingerprint density at radius 2 is 1.77 bits per heavy atom. The van der Waals surface area contributed by atoms with Gasteiger partial charge in [0.2, 0.25) is 0 Å². The minimum Gasteiger partial charge on any atom is -0.393 e. The van der Waals surface area contributed by atoms with Gasteiger partial charge in [0, 0.05) is 17.9 Å². The van der Waals surface area contributed by atoms with Gasteiger partial charge in [0.1, 0.15) is 12.0 Å². The summed E-state index contributed by atoms with van der Waals surface area (Å²) in [4.78, 5) is 10.9. The van der Waals surface area contributed by atoms with E-state index in [4.69, 9.17) is 5.73 Å². The first-order valence-electron chi connectivity index (χ1n) is 8.78. The van der Waals surface area contributed by atoms with Gasteiger partial charge in [-0.3, -0.25) is 0 Å². The van der Waals surface area contributed by atoms with Gasteiger partial charge in [-0.1, -0.05) is 29.8 Å². The molecule has 3 aromatic rings. The maximum absolute atomic E-state index is 6.43. The molecule has 5 heteroatoms. The molecule has 0 radical (unpaired) electrons. The van der Waals surface area contributed by atoms with Gasteiger partial charge in [0.15, 0.2) is 11.6 Å². The van der Waals surface area contributed by atoms with Crippen molar-refractivity contribution in [2.24, 2.45) is 0 Å². The van der Waals surface area contributed by atoms with Crippen LogP contribution in [0.15, 0.2) is 48.8 Å². The number of rotatable bonds is 5. The van der Waals surface area contributed by atoms with E-state index in [-0.39, 0.29) is 0 Å². The lowest BCUT2D eigenvalue weighted by Crippen LogP contribution is -2.20. The third-order valence-corrected chi connectivity index (χ3v) is 4.38. The summed E-state index contributed by atoms with van der Waals surface area (Å²) >= 11 is 0. The molecule has 1 aromatic heterocycles. The second kappa shape index (κ2) is 7.44. The molecule has 3 rings (SSSR count). The Balaban J connectivity index is 1.98. The number of aryl methyl sites for hydroxylation is 3. The number of hydrogen-bond acceptors (Lipinski definition) is 5. The molecule has 0 aliphatic heterocycles. The van der Waals surface area contributed by atoms with Gasteiger partial charge in [0.05, 0.1) is 0 Å². The third-order valence-electron chi connectivity index (χ3n) is 4.38. The van der Waals surface area contributed by atoms with Gasteiger partial charge in [0.25, 0.3) is 0 Å². The lowest BCUT2D eigenvalue weighted by molar-refractivity contribution is 0.979. The van der Waals surface area contributed by atoms with Gasteiger partial charge in [-0.15, -0.1) is 0 Å². The van der Waals surface area contributed by atoms with Crippen LogP contribution in [0.2, 0.25) is 0 Å². The third kappa shape index (κ3) is 3.61. The molecule has 0 aliphatic rings. The van der Waals surface area contributed by atoms with Crippen LogP contribution in [0, 0.1) is 20.8 Å². The van der Waals surface area contributed by atoms with Crippen molar-refractivity contribution in [1.82, 2.24) is 9.97 Å². The number of aromatic nitrogens is 2. The fourth-order valence-corrected chi connectivity index (χ4v) is 3.03. The van der Waals surface area contributed by atoms with Gasteiger partial charge in [-0.25, -0.2) is 9.97 Å². The Kier molecular flexibility index (Phi) is 5.07. The highest BCUT2D eigenvalue weighted by atomic mass is 15.2. The SMILES string of the molecule is CCN(c1cccc(C)c1)c1ncnc(Nc2ccc(C)cc2C)c1N. The zero-order valence-corrected chi connectivity index (χ0v) is 15.7. The molecule has 26 heavy (non-hydrogen) atoms. The fourth-order valence-electron chi connectivity index (χ4n) is 3.03. The Hall–Kier alpha value is -3.08. The predicted molar refractivity (Wildman–Crippen MR) is 110 cm³/mol. The molecule has 134 valence electrons. The van der Waals surface area contributed by atoms with Crippen LogP contribution >= 0.6 is 0 Å². The summed E-state index contributed by atoms with van der Waals surface area (Å²) in [5, 5.41) is 3.35. The minimum absolute atomic E-state index is 0.538. The Labute approximate surface area is 154 Å². The molecule has 0 amide bonds. The number of nitrogens with one attached hydrogen (secondary N) is 1. The first kappa shape index (κ1) is 17.7. The quantitative estimate of drug-likeness (QED) is 0.688. The van der Waals surface area contributed by atoms with E-state index in [1.54, 1.807) is 6.33 Å². The summed E-state index contributed by atoms with van der Waals surface area (Å²) in [6.07, 6.45) is 1.55. The van der Waals surface area contributed by atoms with Crippen LogP contribution in [-0.2, 0) is 0 Å². The summed E-state index contributed by atoms with van der Waals surface area (Å²) < 4.78 is 0. The Morgan fingerprint density at radius 1 is 1.00 bits per heavy atom. The van der Waals surface area contributed by atoms with E-state index in [0.717, 1.165) is 23.5 Å². The fraction of sp³-hybridized carbons (Fsp3) is 0.238. The average Bonchev–Trinajstić information content (AvgIpc) is 2.61. The van der Waals surface area contributed by atoms with Crippen LogP contribution in [-0.4, -0.2) is 16.5 Å². The standard InChI is InChI=1S/C21H25N5/c1-5-26(17-8-6-7-14(2)12-17)21-19(22)20(23-13-24-21)25-18-10-9-15(3)11-16(18)4/h6-13H,5,22H2,1-4H3,(H,23,24,25). The van der Waals surface area contributed by atoms with E-state index >= 15 is 0 Å². The molecule has 0 unspecified atom stereocenters. The largest absolute Gasteiger partial charge is 0.393 e. The van der Waals surface area contributed by atoms with E-state index in [1.807, 2.05) is 12.1 Å². The highest BCUT2D eigenvalue weighted by Gasteiger charge is 2.16. The van der Waals surface area contributed by atoms with Gasteiger partial charge >= 0.3 is 0 Å². The first-order valence-corrected chi connectivity index (χ1v) is 8.78. The average molecular weight is 347 g/mol. The van der Waals surface area contributed by atoms with Crippen molar-refractivity contribution in [1.29, 1.82) is 0 Å². The topological polar surface area (TPSA) is 67.1 Å². The normalized spacial score (nSPS) is 10.6. The number of benzene rings is 2. The van der Waals surface area contributed by atoms with Crippen LogP contribution in [0.5, 0.6) is 0 Å². The molecule has 1 heterocycles. The van der Waals surface area contributed by atoms with Crippen LogP contribution in [0.4, 0.5) is 28.7 Å². The van der Waals surface area contributed by atoms with Crippen molar-refractivity contribution >= 4 is 28.7 Å². The van der Waals surface area contributed by atoms with Gasteiger partial charge < -0.3 is 16.0 Å². The Morgan fingerprint density at radius 3 is 2.46 bits per heavy atom. The summed E-state index contributed by atoms with van der Waals surface area (Å²) in [7, 11) is 0. The maximum atomic E-state index is 6.43. The van der Waals surface area contributed by atoms with E-state index < -0.39 is 0 Å². The molecule has 0 saturated heterocycles. The van der Waals surface area contributed by atoms with Crippen molar-refractivity contribution in [2.75, 3.05) is 22.5 Å². The number of nitrogen functional groups attached to an aromatic ring is 1. The van der Waals surface area contributed by atoms with Crippen LogP contribution in [0.3, 0.4) is 0 Å². The molecule has 3 N–H and O–H groups in total. The molecular formula is C21H25N5. The molecule has 0 bridgehead atoms. The van der Waals surface area contributed by atoms with E-state index in [2.05, 4.69) is 78.2 Å². The summed E-state index contributed by atoms with van der Waals surface area (Å²) in [6.45, 7) is 9.07. The van der Waals surface area contributed by atoms with Crippen molar-refractivity contribution in [3.8, 4) is 0 Å². The Bertz CT molecular complexity index is 920. The van der Waals surface area contributed by atoms with E-state index in [0.29, 0.717) is 17.3 Å². The van der Waals surface area contributed by atoms with Gasteiger partial charge in [-0.05, 0) is 57.0 Å². The van der Waals surface area contributed by atoms with Crippen LogP contribution in [0.25, 0.3) is 0 Å². The predicted octanol–water partition coefficient (Wildman–Crippen LogP) is 4.89. The lowest BCUT2D eigenvalue weighted by atomic mass is 10.1. The smallest absolute Gasteiger partial charge is 0.161 e. The molecule has 2 aromatic carbocycles. The van der Waals surface area contributed by atoms with E-state index in [9.17, 15) is 0 Å². The molecule has 5 nitrogen and oxygen atoms in total. The zero-order valence-electron chi connectivity index (χ0n) is 15.7. The monoisotopic (exact) mass is 347 g/mol. The molecular weight excluding hydrogens is 322 g/mol. The summed E-state index contributed by atoms with van der Waals surface area (Å²) in [5.41, 5.74) is 12.6. The van der Waals surface area contributed by atoms with E-state index in [1.165, 1.54) is 11.1 Å². The number of hydrogen-bond donors (Lipinski definition) is 2. The van der Waals surface area contributed by atoms with Crippen molar-refractivity contribution in [2.45, 2.75) is 27.7 Å². The summed E-state index contributed by atoms with van der Waals surface area (Å²) in [5.74, 6) is 1.33. The highest BCUT2D eigenvalue weighted by molar-refractivity contribution is 5.82. The lowest BCUT2D eigenvalue weighted by Gasteiger charge is -2.24. The maximum Gasteiger partial charge on any atom is 0.161 e. The molecule has 0 aliphatic carbocycles. The summed E-state index contributed by atoms with van der Waals surface area (Å²) in [6, 6.07) is 14.6. The highest BCUT2D eigenvalue weighted by Crippen LogP contribution is 2.33. The second-order valence-corrected chi connectivity index (χ2v) is 6.49. The van der Waals surface area contributed by atoms with Crippen LogP contribution in [0.1, 0.15) is 23.6 Å². The molecule has 0 spiro atoms. The van der Waals surface area contributed by atoms with Gasteiger partial charge in [-0.2, -0.15) is 0 Å². The molecule has 0 atom stereocenters.